The van der Waals surface area contributed by atoms with Crippen LogP contribution >= 0.6 is 24.0 Å². The Labute approximate surface area is 174 Å². The van der Waals surface area contributed by atoms with E-state index in [-0.39, 0.29) is 24.0 Å². The first kappa shape index (κ1) is 22.9. The highest BCUT2D eigenvalue weighted by Gasteiger charge is 2.09. The molecule has 8 heteroatoms. The molecule has 0 spiro atoms. The van der Waals surface area contributed by atoms with Crippen molar-refractivity contribution >= 4 is 35.8 Å². The number of guanidine groups is 1. The van der Waals surface area contributed by atoms with Crippen molar-refractivity contribution in [1.29, 1.82) is 0 Å². The molecule has 0 atom stereocenters. The average molecular weight is 476 g/mol. The number of halogens is 1. The molecule has 0 unspecified atom stereocenters. The summed E-state index contributed by atoms with van der Waals surface area (Å²) in [5.74, 6) is 1.50. The standard InChI is InChI=1S/C18H32N6O.HI/c1-3-24(4-2)17-7-6-16(14-21-17)15-22-18(19)20-8-5-9-23-10-12-25-13-11-23;/h6-7,14H,3-5,8-13,15H2,1-2H3,(H3,19,20,22);1H. The predicted octanol–water partition coefficient (Wildman–Crippen LogP) is 1.67. The number of rotatable bonds is 9. The number of anilines is 1. The molecule has 26 heavy (non-hydrogen) atoms. The first-order valence-electron chi connectivity index (χ1n) is 9.26. The molecule has 1 aliphatic heterocycles. The highest BCUT2D eigenvalue weighted by atomic mass is 127. The lowest BCUT2D eigenvalue weighted by molar-refractivity contribution is 0.0376. The summed E-state index contributed by atoms with van der Waals surface area (Å²) in [4.78, 5) is 13.5. The molecule has 0 radical (unpaired) electrons. The number of nitrogens with two attached hydrogens (primary N) is 1. The van der Waals surface area contributed by atoms with E-state index in [1.807, 2.05) is 12.3 Å². The normalized spacial score (nSPS) is 15.4. The van der Waals surface area contributed by atoms with Crippen molar-refractivity contribution in [3.8, 4) is 0 Å². The molecule has 0 bridgehead atoms. The van der Waals surface area contributed by atoms with Crippen LogP contribution < -0.4 is 16.0 Å². The van der Waals surface area contributed by atoms with Crippen LogP contribution in [0.5, 0.6) is 0 Å². The molecule has 0 aliphatic carbocycles. The number of nitrogens with one attached hydrogen (secondary N) is 1. The van der Waals surface area contributed by atoms with E-state index < -0.39 is 0 Å². The van der Waals surface area contributed by atoms with Gasteiger partial charge in [-0.05, 0) is 38.4 Å². The molecule has 1 aromatic heterocycles. The van der Waals surface area contributed by atoms with Crippen LogP contribution in [0, 0.1) is 0 Å². The fourth-order valence-corrected chi connectivity index (χ4v) is 2.82. The van der Waals surface area contributed by atoms with Gasteiger partial charge < -0.3 is 20.7 Å². The third kappa shape index (κ3) is 8.05. The lowest BCUT2D eigenvalue weighted by Crippen LogP contribution is -2.39. The third-order valence-electron chi connectivity index (χ3n) is 4.39. The van der Waals surface area contributed by atoms with Gasteiger partial charge in [0.1, 0.15) is 5.82 Å². The van der Waals surface area contributed by atoms with E-state index in [0.29, 0.717) is 12.5 Å². The summed E-state index contributed by atoms with van der Waals surface area (Å²) in [5.41, 5.74) is 7.00. The molecule has 0 saturated carbocycles. The molecule has 1 aliphatic rings. The van der Waals surface area contributed by atoms with Gasteiger partial charge in [-0.15, -0.1) is 24.0 Å². The summed E-state index contributed by atoms with van der Waals surface area (Å²) >= 11 is 0. The molecule has 1 fully saturated rings. The van der Waals surface area contributed by atoms with Crippen molar-refractivity contribution in [2.45, 2.75) is 26.8 Å². The SMILES string of the molecule is CCN(CC)c1ccc(CN=C(N)NCCCN2CCOCC2)cn1.I. The Bertz CT molecular complexity index is 515. The molecule has 2 rings (SSSR count). The summed E-state index contributed by atoms with van der Waals surface area (Å²) in [7, 11) is 0. The Morgan fingerprint density at radius 3 is 2.65 bits per heavy atom. The first-order valence-corrected chi connectivity index (χ1v) is 9.26. The second-order valence-corrected chi connectivity index (χ2v) is 6.13. The number of ether oxygens (including phenoxy) is 1. The zero-order chi connectivity index (χ0) is 17.9. The van der Waals surface area contributed by atoms with Gasteiger partial charge in [-0.2, -0.15) is 0 Å². The maximum atomic E-state index is 5.94. The Morgan fingerprint density at radius 1 is 1.31 bits per heavy atom. The second-order valence-electron chi connectivity index (χ2n) is 6.13. The number of aromatic nitrogens is 1. The van der Waals surface area contributed by atoms with Crippen molar-refractivity contribution < 1.29 is 4.74 Å². The van der Waals surface area contributed by atoms with E-state index in [1.165, 1.54) is 0 Å². The topological polar surface area (TPSA) is 79.0 Å². The van der Waals surface area contributed by atoms with Gasteiger partial charge in [-0.25, -0.2) is 9.98 Å². The van der Waals surface area contributed by atoms with Crippen LogP contribution in [0.2, 0.25) is 0 Å². The Balaban J connectivity index is 0.00000338. The maximum absolute atomic E-state index is 5.94. The van der Waals surface area contributed by atoms with Gasteiger partial charge in [0, 0.05) is 38.9 Å². The number of morpholine rings is 1. The fourth-order valence-electron chi connectivity index (χ4n) is 2.82. The number of hydrogen-bond donors (Lipinski definition) is 2. The lowest BCUT2D eigenvalue weighted by atomic mass is 10.3. The molecule has 1 saturated heterocycles. The Kier molecular flexibility index (Phi) is 11.5. The van der Waals surface area contributed by atoms with E-state index in [0.717, 1.165) is 70.3 Å². The van der Waals surface area contributed by atoms with Gasteiger partial charge >= 0.3 is 0 Å². The summed E-state index contributed by atoms with van der Waals surface area (Å²) in [6, 6.07) is 4.11. The van der Waals surface area contributed by atoms with E-state index in [2.05, 4.69) is 45.0 Å². The fraction of sp³-hybridized carbons (Fsp3) is 0.667. The smallest absolute Gasteiger partial charge is 0.188 e. The van der Waals surface area contributed by atoms with Gasteiger partial charge in [0.2, 0.25) is 0 Å². The largest absolute Gasteiger partial charge is 0.379 e. The zero-order valence-corrected chi connectivity index (χ0v) is 18.3. The predicted molar refractivity (Wildman–Crippen MR) is 118 cm³/mol. The number of nitrogens with zero attached hydrogens (tertiary/aromatic N) is 4. The molecular weight excluding hydrogens is 443 g/mol. The molecule has 0 aromatic carbocycles. The van der Waals surface area contributed by atoms with Gasteiger partial charge in [-0.3, -0.25) is 4.90 Å². The minimum Gasteiger partial charge on any atom is -0.379 e. The van der Waals surface area contributed by atoms with Crippen molar-refractivity contribution in [3.63, 3.8) is 0 Å². The van der Waals surface area contributed by atoms with Crippen LogP contribution in [0.4, 0.5) is 5.82 Å². The molecule has 1 aromatic rings. The number of aliphatic imine (C=N–C) groups is 1. The van der Waals surface area contributed by atoms with Crippen LogP contribution in [0.3, 0.4) is 0 Å². The van der Waals surface area contributed by atoms with Gasteiger partial charge in [0.15, 0.2) is 5.96 Å². The molecule has 7 nitrogen and oxygen atoms in total. The summed E-state index contributed by atoms with van der Waals surface area (Å²) in [6.45, 7) is 12.4. The molecular formula is C18H33IN6O. The van der Waals surface area contributed by atoms with Crippen LogP contribution in [0.15, 0.2) is 23.3 Å². The zero-order valence-electron chi connectivity index (χ0n) is 16.0. The minimum atomic E-state index is 0. The summed E-state index contributed by atoms with van der Waals surface area (Å²) in [6.07, 6.45) is 2.93. The van der Waals surface area contributed by atoms with E-state index in [1.54, 1.807) is 0 Å². The van der Waals surface area contributed by atoms with E-state index in [4.69, 9.17) is 10.5 Å². The van der Waals surface area contributed by atoms with Crippen molar-refractivity contribution in [2.24, 2.45) is 10.7 Å². The Morgan fingerprint density at radius 2 is 2.04 bits per heavy atom. The second kappa shape index (κ2) is 13.1. The maximum Gasteiger partial charge on any atom is 0.188 e. The highest BCUT2D eigenvalue weighted by Crippen LogP contribution is 2.11. The van der Waals surface area contributed by atoms with Gasteiger partial charge in [-0.1, -0.05) is 6.07 Å². The highest BCUT2D eigenvalue weighted by molar-refractivity contribution is 14.0. The van der Waals surface area contributed by atoms with Gasteiger partial charge in [0.25, 0.3) is 0 Å². The third-order valence-corrected chi connectivity index (χ3v) is 4.39. The van der Waals surface area contributed by atoms with Crippen molar-refractivity contribution in [3.05, 3.63) is 23.9 Å². The van der Waals surface area contributed by atoms with Crippen LogP contribution in [0.25, 0.3) is 0 Å². The van der Waals surface area contributed by atoms with E-state index >= 15 is 0 Å². The quantitative estimate of drug-likeness (QED) is 0.245. The molecule has 3 N–H and O–H groups in total. The monoisotopic (exact) mass is 476 g/mol. The van der Waals surface area contributed by atoms with Crippen LogP contribution in [-0.2, 0) is 11.3 Å². The van der Waals surface area contributed by atoms with Gasteiger partial charge in [0.05, 0.1) is 19.8 Å². The first-order chi connectivity index (χ1) is 12.2. The lowest BCUT2D eigenvalue weighted by Gasteiger charge is -2.26. The Hall–Kier alpha value is -1.13. The number of hydrogen-bond acceptors (Lipinski definition) is 5. The van der Waals surface area contributed by atoms with Crippen LogP contribution in [0.1, 0.15) is 25.8 Å². The van der Waals surface area contributed by atoms with Crippen LogP contribution in [-0.4, -0.2) is 68.3 Å². The summed E-state index contributed by atoms with van der Waals surface area (Å²) < 4.78 is 5.35. The van der Waals surface area contributed by atoms with Crippen molar-refractivity contribution in [1.82, 2.24) is 15.2 Å². The molecule has 148 valence electrons. The minimum absolute atomic E-state index is 0. The number of pyridine rings is 1. The van der Waals surface area contributed by atoms with E-state index in [9.17, 15) is 0 Å². The molecule has 2 heterocycles. The average Bonchev–Trinajstić information content (AvgIpc) is 2.66. The summed E-state index contributed by atoms with van der Waals surface area (Å²) in [5, 5.41) is 3.18. The molecule has 0 amide bonds. The van der Waals surface area contributed by atoms with Crippen molar-refractivity contribution in [2.75, 3.05) is 57.4 Å².